The van der Waals surface area contributed by atoms with Crippen LogP contribution in [0.3, 0.4) is 0 Å². The summed E-state index contributed by atoms with van der Waals surface area (Å²) < 4.78 is 1.44. The monoisotopic (exact) mass is 409 g/mol. The second-order valence-electron chi connectivity index (χ2n) is 7.99. The number of hydrogen-bond acceptors (Lipinski definition) is 5. The van der Waals surface area contributed by atoms with Gasteiger partial charge in [0.05, 0.1) is 11.8 Å². The minimum Gasteiger partial charge on any atom is -0.349 e. The van der Waals surface area contributed by atoms with E-state index < -0.39 is 0 Å². The molecule has 3 N–H and O–H groups in total. The van der Waals surface area contributed by atoms with Gasteiger partial charge >= 0.3 is 0 Å². The fourth-order valence-corrected chi connectivity index (χ4v) is 3.60. The lowest BCUT2D eigenvalue weighted by atomic mass is 9.87. The number of carbonyl (C=O) groups excluding carboxylic acids is 1. The van der Waals surface area contributed by atoms with Crippen molar-refractivity contribution in [1.82, 2.24) is 20.2 Å². The second kappa shape index (κ2) is 8.69. The van der Waals surface area contributed by atoms with E-state index in [1.807, 2.05) is 49.4 Å². The van der Waals surface area contributed by atoms with Crippen molar-refractivity contribution in [3.63, 3.8) is 0 Å². The molecule has 7 heteroatoms. The lowest BCUT2D eigenvalue weighted by Crippen LogP contribution is -2.28. The summed E-state index contributed by atoms with van der Waals surface area (Å²) in [6.45, 7) is 8.48. The molecule has 0 fully saturated rings. The summed E-state index contributed by atoms with van der Waals surface area (Å²) >= 11 is 1.27. The van der Waals surface area contributed by atoms with Gasteiger partial charge in [-0.15, -0.1) is 10.2 Å². The Morgan fingerprint density at radius 3 is 2.38 bits per heavy atom. The molecule has 3 rings (SSSR count). The quantitative estimate of drug-likeness (QED) is 0.476. The van der Waals surface area contributed by atoms with Crippen LogP contribution < -0.4 is 11.2 Å². The molecule has 0 aliphatic heterocycles. The van der Waals surface area contributed by atoms with Crippen LogP contribution in [0.5, 0.6) is 0 Å². The van der Waals surface area contributed by atoms with E-state index in [-0.39, 0.29) is 23.1 Å². The highest BCUT2D eigenvalue weighted by molar-refractivity contribution is 7.99. The van der Waals surface area contributed by atoms with Gasteiger partial charge in [0.2, 0.25) is 11.1 Å². The molecule has 0 spiro atoms. The standard InChI is InChI=1S/C22H27N5OS/c1-15(16-8-6-5-7-9-16)24-19(28)14-29-21-26-25-20(27(21)23)17-10-12-18(13-11-17)22(2,3)4/h5-13,15H,14,23H2,1-4H3,(H,24,28). The first-order chi connectivity index (χ1) is 13.8. The summed E-state index contributed by atoms with van der Waals surface area (Å²) in [5.41, 5.74) is 3.28. The summed E-state index contributed by atoms with van der Waals surface area (Å²) in [6.07, 6.45) is 0. The first-order valence-electron chi connectivity index (χ1n) is 9.54. The molecule has 2 aromatic carbocycles. The van der Waals surface area contributed by atoms with Crippen molar-refractivity contribution >= 4 is 17.7 Å². The maximum Gasteiger partial charge on any atom is 0.230 e. The van der Waals surface area contributed by atoms with Gasteiger partial charge in [0.15, 0.2) is 5.82 Å². The molecule has 0 aliphatic carbocycles. The molecule has 3 aromatic rings. The first kappa shape index (κ1) is 20.9. The number of nitrogens with zero attached hydrogens (tertiary/aromatic N) is 3. The van der Waals surface area contributed by atoms with Crippen LogP contribution in [0.25, 0.3) is 11.4 Å². The summed E-state index contributed by atoms with van der Waals surface area (Å²) in [6, 6.07) is 17.9. The van der Waals surface area contributed by atoms with Gasteiger partial charge in [-0.25, -0.2) is 4.68 Å². The third-order valence-corrected chi connectivity index (χ3v) is 5.63. The lowest BCUT2D eigenvalue weighted by Gasteiger charge is -2.19. The third kappa shape index (κ3) is 5.17. The molecule has 0 saturated carbocycles. The Morgan fingerprint density at radius 2 is 1.76 bits per heavy atom. The van der Waals surface area contributed by atoms with Gasteiger partial charge in [-0.2, -0.15) is 0 Å². The lowest BCUT2D eigenvalue weighted by molar-refractivity contribution is -0.119. The molecule has 6 nitrogen and oxygen atoms in total. The predicted molar refractivity (Wildman–Crippen MR) is 118 cm³/mol. The van der Waals surface area contributed by atoms with Crippen LogP contribution in [-0.2, 0) is 10.2 Å². The number of amides is 1. The average molecular weight is 410 g/mol. The van der Waals surface area contributed by atoms with Crippen molar-refractivity contribution in [1.29, 1.82) is 0 Å². The maximum atomic E-state index is 12.3. The number of rotatable bonds is 6. The van der Waals surface area contributed by atoms with Crippen LogP contribution in [0.15, 0.2) is 59.8 Å². The zero-order valence-corrected chi connectivity index (χ0v) is 18.0. The van der Waals surface area contributed by atoms with Crippen molar-refractivity contribution < 1.29 is 4.79 Å². The molecule has 1 amide bonds. The van der Waals surface area contributed by atoms with Crippen LogP contribution >= 0.6 is 11.8 Å². The fraction of sp³-hybridized carbons (Fsp3) is 0.318. The molecule has 29 heavy (non-hydrogen) atoms. The molecule has 0 radical (unpaired) electrons. The number of nitrogens with two attached hydrogens (primary N) is 1. The van der Waals surface area contributed by atoms with Crippen molar-refractivity contribution in [2.75, 3.05) is 11.6 Å². The maximum absolute atomic E-state index is 12.3. The van der Waals surface area contributed by atoms with E-state index in [2.05, 4.69) is 48.4 Å². The number of nitrogen functional groups attached to an aromatic ring is 1. The number of hydrogen-bond donors (Lipinski definition) is 2. The molecular formula is C22H27N5OS. The molecule has 1 unspecified atom stereocenters. The Bertz CT molecular complexity index is 961. The largest absolute Gasteiger partial charge is 0.349 e. The Balaban J connectivity index is 1.62. The Labute approximate surface area is 175 Å². The molecule has 0 aliphatic rings. The van der Waals surface area contributed by atoms with E-state index in [1.165, 1.54) is 22.0 Å². The van der Waals surface area contributed by atoms with E-state index in [9.17, 15) is 4.79 Å². The molecular weight excluding hydrogens is 382 g/mol. The van der Waals surface area contributed by atoms with E-state index in [1.54, 1.807) is 0 Å². The number of nitrogens with one attached hydrogen (secondary N) is 1. The topological polar surface area (TPSA) is 85.8 Å². The van der Waals surface area contributed by atoms with Crippen molar-refractivity contribution in [3.8, 4) is 11.4 Å². The van der Waals surface area contributed by atoms with Gasteiger partial charge in [0.25, 0.3) is 0 Å². The van der Waals surface area contributed by atoms with Gasteiger partial charge in [0, 0.05) is 5.56 Å². The highest BCUT2D eigenvalue weighted by Gasteiger charge is 2.17. The molecule has 1 atom stereocenters. The van der Waals surface area contributed by atoms with Crippen LogP contribution in [0.2, 0.25) is 0 Å². The molecule has 1 aromatic heterocycles. The van der Waals surface area contributed by atoms with Crippen molar-refractivity contribution in [3.05, 3.63) is 65.7 Å². The smallest absolute Gasteiger partial charge is 0.230 e. The fourth-order valence-electron chi connectivity index (χ4n) is 2.93. The van der Waals surface area contributed by atoms with Crippen molar-refractivity contribution in [2.24, 2.45) is 0 Å². The molecule has 152 valence electrons. The predicted octanol–water partition coefficient (Wildman–Crippen LogP) is 3.93. The highest BCUT2D eigenvalue weighted by atomic mass is 32.2. The molecule has 0 bridgehead atoms. The van der Waals surface area contributed by atoms with Crippen LogP contribution in [0.1, 0.15) is 44.9 Å². The Kier molecular flexibility index (Phi) is 6.27. The zero-order valence-electron chi connectivity index (χ0n) is 17.2. The SMILES string of the molecule is CC(NC(=O)CSc1nnc(-c2ccc(C(C)(C)C)cc2)n1N)c1ccccc1. The number of carbonyl (C=O) groups is 1. The minimum absolute atomic E-state index is 0.0584. The van der Waals surface area contributed by atoms with Gasteiger partial charge in [0.1, 0.15) is 0 Å². The normalized spacial score (nSPS) is 12.6. The highest BCUT2D eigenvalue weighted by Crippen LogP contribution is 2.26. The number of benzene rings is 2. The van der Waals surface area contributed by atoms with Crippen molar-refractivity contribution in [2.45, 2.75) is 44.3 Å². The molecule has 0 saturated heterocycles. The van der Waals surface area contributed by atoms with Crippen LogP contribution in [-0.4, -0.2) is 26.5 Å². The van der Waals surface area contributed by atoms with E-state index in [0.29, 0.717) is 11.0 Å². The van der Waals surface area contributed by atoms with E-state index >= 15 is 0 Å². The zero-order chi connectivity index (χ0) is 21.0. The molecule has 1 heterocycles. The van der Waals surface area contributed by atoms with E-state index in [0.717, 1.165) is 11.1 Å². The number of aromatic nitrogens is 3. The average Bonchev–Trinajstić information content (AvgIpc) is 3.07. The number of thioether (sulfide) groups is 1. The Hall–Kier alpha value is -2.80. The van der Waals surface area contributed by atoms with Gasteiger partial charge in [-0.1, -0.05) is 87.1 Å². The van der Waals surface area contributed by atoms with Gasteiger partial charge in [-0.3, -0.25) is 4.79 Å². The Morgan fingerprint density at radius 1 is 1.10 bits per heavy atom. The summed E-state index contributed by atoms with van der Waals surface area (Å²) in [5, 5.41) is 11.8. The third-order valence-electron chi connectivity index (χ3n) is 4.68. The van der Waals surface area contributed by atoms with Crippen LogP contribution in [0, 0.1) is 0 Å². The summed E-state index contributed by atoms with van der Waals surface area (Å²) in [4.78, 5) is 12.3. The summed E-state index contributed by atoms with van der Waals surface area (Å²) in [7, 11) is 0. The van der Waals surface area contributed by atoms with Crippen LogP contribution in [0.4, 0.5) is 0 Å². The van der Waals surface area contributed by atoms with Gasteiger partial charge in [-0.05, 0) is 23.5 Å². The second-order valence-corrected chi connectivity index (χ2v) is 8.93. The van der Waals surface area contributed by atoms with Gasteiger partial charge < -0.3 is 11.2 Å². The van der Waals surface area contributed by atoms with E-state index in [4.69, 9.17) is 5.84 Å². The first-order valence-corrected chi connectivity index (χ1v) is 10.5. The minimum atomic E-state index is -0.0783. The summed E-state index contributed by atoms with van der Waals surface area (Å²) in [5.74, 6) is 6.89.